The predicted octanol–water partition coefficient (Wildman–Crippen LogP) is 6.77. The third kappa shape index (κ3) is 6.46. The van der Waals surface area contributed by atoms with Crippen molar-refractivity contribution >= 4 is 17.9 Å². The summed E-state index contributed by atoms with van der Waals surface area (Å²) in [6.07, 6.45) is 2.45. The van der Waals surface area contributed by atoms with Gasteiger partial charge in [0.2, 0.25) is 11.8 Å². The van der Waals surface area contributed by atoms with E-state index in [9.17, 15) is 4.79 Å². The lowest BCUT2D eigenvalue weighted by Gasteiger charge is -2.17. The third-order valence-corrected chi connectivity index (χ3v) is 7.53. The van der Waals surface area contributed by atoms with Crippen LogP contribution in [0.4, 0.5) is 0 Å². The molecule has 7 heteroatoms. The second-order valence-electron chi connectivity index (χ2n) is 8.75. The molecule has 1 saturated heterocycles. The molecule has 5 rings (SSSR count). The zero-order chi connectivity index (χ0) is 26.2. The second-order valence-corrected chi connectivity index (χ2v) is 9.76. The molecule has 1 aliphatic heterocycles. The number of amides is 1. The Morgan fingerprint density at radius 1 is 1.03 bits per heavy atom. The van der Waals surface area contributed by atoms with E-state index < -0.39 is 0 Å². The van der Waals surface area contributed by atoms with Crippen LogP contribution in [-0.4, -0.2) is 30.7 Å². The highest BCUT2D eigenvalue weighted by Crippen LogP contribution is 2.41. The van der Waals surface area contributed by atoms with Gasteiger partial charge in [0, 0.05) is 30.4 Å². The molecule has 0 bridgehead atoms. The minimum absolute atomic E-state index is 0.0225. The van der Waals surface area contributed by atoms with Crippen LogP contribution in [0, 0.1) is 6.92 Å². The number of hydrogen-bond donors (Lipinski definition) is 1. The second kappa shape index (κ2) is 13.0. The molecule has 1 aliphatic carbocycles. The van der Waals surface area contributed by atoms with Crippen molar-refractivity contribution in [2.24, 2.45) is 0 Å². The third-order valence-electron chi connectivity index (χ3n) is 6.46. The summed E-state index contributed by atoms with van der Waals surface area (Å²) >= 11 is 1.48. The number of ether oxygens (including phenoxy) is 3. The van der Waals surface area contributed by atoms with E-state index in [0.717, 1.165) is 35.4 Å². The van der Waals surface area contributed by atoms with Gasteiger partial charge in [0.05, 0.1) is 11.9 Å². The first-order chi connectivity index (χ1) is 18.1. The molecule has 37 heavy (non-hydrogen) atoms. The van der Waals surface area contributed by atoms with Crippen molar-refractivity contribution in [2.75, 3.05) is 19.8 Å². The van der Waals surface area contributed by atoms with Crippen LogP contribution < -0.4 is 14.2 Å². The summed E-state index contributed by atoms with van der Waals surface area (Å²) in [7, 11) is 0. The lowest BCUT2D eigenvalue weighted by molar-refractivity contribution is -0.118. The maximum absolute atomic E-state index is 11.5. The Balaban J connectivity index is 0.00000156. The number of carbonyl (C=O) groups is 1. The van der Waals surface area contributed by atoms with Gasteiger partial charge in [-0.2, -0.15) is 0 Å². The summed E-state index contributed by atoms with van der Waals surface area (Å²) in [6.45, 7) is 9.74. The van der Waals surface area contributed by atoms with E-state index in [-0.39, 0.29) is 17.3 Å². The molecule has 196 valence electrons. The van der Waals surface area contributed by atoms with Crippen molar-refractivity contribution in [1.82, 2.24) is 9.71 Å². The van der Waals surface area contributed by atoms with Crippen LogP contribution in [0.3, 0.4) is 0 Å². The predicted molar refractivity (Wildman–Crippen MR) is 149 cm³/mol. The Morgan fingerprint density at radius 2 is 1.84 bits per heavy atom. The first kappa shape index (κ1) is 27.0. The number of carbonyl (C=O) groups excluding carboxylic acids is 1. The van der Waals surface area contributed by atoms with Gasteiger partial charge in [-0.05, 0) is 79.1 Å². The van der Waals surface area contributed by atoms with Crippen LogP contribution in [0.25, 0.3) is 11.1 Å². The topological polar surface area (TPSA) is 69.7 Å². The van der Waals surface area contributed by atoms with Gasteiger partial charge >= 0.3 is 0 Å². The molecule has 1 N–H and O–H groups in total. The Kier molecular flexibility index (Phi) is 9.47. The van der Waals surface area contributed by atoms with Crippen LogP contribution in [0.5, 0.6) is 11.6 Å². The van der Waals surface area contributed by atoms with Gasteiger partial charge in [0.15, 0.2) is 0 Å². The van der Waals surface area contributed by atoms with Crippen molar-refractivity contribution < 1.29 is 19.0 Å². The SMILES string of the molecule is CC.CCOCCOc1ccc(-c2cccc3c2CCC3Oc2ccc(C3CC(=O)NS3)cc2)c(C)n1. The van der Waals surface area contributed by atoms with E-state index in [4.69, 9.17) is 14.2 Å². The molecule has 2 heterocycles. The quantitative estimate of drug-likeness (QED) is 0.248. The van der Waals surface area contributed by atoms with Crippen molar-refractivity contribution in [3.63, 3.8) is 0 Å². The summed E-state index contributed by atoms with van der Waals surface area (Å²) in [5.74, 6) is 1.57. The molecule has 2 aliphatic rings. The fourth-order valence-corrected chi connectivity index (χ4v) is 5.63. The highest BCUT2D eigenvalue weighted by molar-refractivity contribution is 7.98. The average Bonchev–Trinajstić information content (AvgIpc) is 3.55. The van der Waals surface area contributed by atoms with Gasteiger partial charge < -0.3 is 14.2 Å². The number of nitrogens with one attached hydrogen (secondary N) is 1. The van der Waals surface area contributed by atoms with Gasteiger partial charge in [0.1, 0.15) is 18.5 Å². The van der Waals surface area contributed by atoms with E-state index in [2.05, 4.69) is 46.1 Å². The summed E-state index contributed by atoms with van der Waals surface area (Å²) in [4.78, 5) is 16.2. The summed E-state index contributed by atoms with van der Waals surface area (Å²) in [6, 6.07) is 18.6. The first-order valence-corrected chi connectivity index (χ1v) is 14.0. The molecule has 2 aromatic carbocycles. The maximum Gasteiger partial charge on any atom is 0.231 e. The molecule has 1 aromatic heterocycles. The average molecular weight is 521 g/mol. The zero-order valence-corrected chi connectivity index (χ0v) is 22.9. The summed E-state index contributed by atoms with van der Waals surface area (Å²) in [5, 5.41) is 0.171. The Hall–Kier alpha value is -3.03. The molecule has 0 radical (unpaired) electrons. The minimum atomic E-state index is 0.0225. The van der Waals surface area contributed by atoms with Crippen LogP contribution >= 0.6 is 11.9 Å². The maximum atomic E-state index is 11.5. The molecule has 0 spiro atoms. The van der Waals surface area contributed by atoms with Gasteiger partial charge in [-0.3, -0.25) is 9.52 Å². The van der Waals surface area contributed by atoms with Crippen LogP contribution in [0.1, 0.15) is 67.4 Å². The number of fused-ring (bicyclic) bond motifs is 1. The van der Waals surface area contributed by atoms with Crippen molar-refractivity contribution in [2.45, 2.75) is 58.3 Å². The fraction of sp³-hybridized carbons (Fsp3) is 0.400. The molecule has 1 amide bonds. The zero-order valence-electron chi connectivity index (χ0n) is 22.1. The van der Waals surface area contributed by atoms with Crippen LogP contribution in [0.2, 0.25) is 0 Å². The molecule has 1 fully saturated rings. The standard InChI is InChI=1S/C28H30N2O4S.C2H6/c1-3-32-15-16-33-28-14-12-21(18(2)29-28)22-5-4-6-24-23(22)11-13-25(24)34-20-9-7-19(8-10-20)26-17-27(31)30-35-26;1-2/h4-10,12,14,25-26H,3,11,13,15-17H2,1-2H3,(H,30,31);1-2H3. The smallest absolute Gasteiger partial charge is 0.231 e. The summed E-state index contributed by atoms with van der Waals surface area (Å²) in [5.41, 5.74) is 7.00. The molecule has 0 saturated carbocycles. The van der Waals surface area contributed by atoms with Crippen molar-refractivity contribution in [3.8, 4) is 22.8 Å². The molecule has 2 unspecified atom stereocenters. The normalized spacial score (nSPS) is 18.0. The lowest BCUT2D eigenvalue weighted by Crippen LogP contribution is -2.07. The highest BCUT2D eigenvalue weighted by atomic mass is 32.2. The van der Waals surface area contributed by atoms with Gasteiger partial charge in [-0.25, -0.2) is 4.98 Å². The van der Waals surface area contributed by atoms with Gasteiger partial charge in [0.25, 0.3) is 0 Å². The number of hydrogen-bond acceptors (Lipinski definition) is 6. The molecule has 2 atom stereocenters. The van der Waals surface area contributed by atoms with E-state index in [1.54, 1.807) is 0 Å². The molecular weight excluding hydrogens is 484 g/mol. The van der Waals surface area contributed by atoms with E-state index in [0.29, 0.717) is 32.1 Å². The van der Waals surface area contributed by atoms with E-state index >= 15 is 0 Å². The fourth-order valence-electron chi connectivity index (χ4n) is 4.74. The molecule has 6 nitrogen and oxygen atoms in total. The van der Waals surface area contributed by atoms with Crippen molar-refractivity contribution in [3.05, 3.63) is 77.0 Å². The highest BCUT2D eigenvalue weighted by Gasteiger charge is 2.28. The molecule has 3 aromatic rings. The van der Waals surface area contributed by atoms with E-state index in [1.807, 2.05) is 45.9 Å². The van der Waals surface area contributed by atoms with E-state index in [1.165, 1.54) is 28.6 Å². The lowest BCUT2D eigenvalue weighted by atomic mass is 9.96. The first-order valence-electron chi connectivity index (χ1n) is 13.1. The number of rotatable bonds is 9. The molecular formula is C30H36N2O4S. The Morgan fingerprint density at radius 3 is 2.54 bits per heavy atom. The number of pyridine rings is 1. The number of aryl methyl sites for hydroxylation is 1. The minimum Gasteiger partial charge on any atom is -0.486 e. The number of benzene rings is 2. The Bertz CT molecular complexity index is 1200. The van der Waals surface area contributed by atoms with Gasteiger partial charge in [-0.1, -0.05) is 44.2 Å². The van der Waals surface area contributed by atoms with Crippen LogP contribution in [0.15, 0.2) is 54.6 Å². The Labute approximate surface area is 224 Å². The van der Waals surface area contributed by atoms with Crippen molar-refractivity contribution in [1.29, 1.82) is 0 Å². The summed E-state index contributed by atoms with van der Waals surface area (Å²) < 4.78 is 20.3. The largest absolute Gasteiger partial charge is 0.486 e. The van der Waals surface area contributed by atoms with Gasteiger partial charge in [-0.15, -0.1) is 0 Å². The van der Waals surface area contributed by atoms with Crippen LogP contribution in [-0.2, 0) is 16.0 Å². The monoisotopic (exact) mass is 520 g/mol. The number of aromatic nitrogens is 1. The number of nitrogens with zero attached hydrogens (tertiary/aromatic N) is 1.